The summed E-state index contributed by atoms with van der Waals surface area (Å²) >= 11 is 0. The first kappa shape index (κ1) is 11.4. The van der Waals surface area contributed by atoms with Crippen molar-refractivity contribution in [1.82, 2.24) is 0 Å². The summed E-state index contributed by atoms with van der Waals surface area (Å²) in [6.07, 6.45) is 0. The molecule has 0 aliphatic carbocycles. The molecular weight excluding hydrogens is 144 g/mol. The summed E-state index contributed by atoms with van der Waals surface area (Å²) in [4.78, 5) is 0. The number of hydrogen-bond donors (Lipinski definition) is 0. The summed E-state index contributed by atoms with van der Waals surface area (Å²) in [5.74, 6) is 0. The van der Waals surface area contributed by atoms with Crippen LogP contribution in [0, 0.1) is 6.48 Å². The van der Waals surface area contributed by atoms with Gasteiger partial charge in [-0.15, -0.1) is 0 Å². The van der Waals surface area contributed by atoms with E-state index in [-0.39, 0.29) is 28.2 Å². The Bertz CT molecular complexity index is 32.8. The van der Waals surface area contributed by atoms with Crippen molar-refractivity contribution in [3.8, 4) is 0 Å². The largest absolute Gasteiger partial charge is 0.498 e. The van der Waals surface area contributed by atoms with Crippen LogP contribution in [0.25, 0.3) is 0 Å². The van der Waals surface area contributed by atoms with E-state index in [4.69, 9.17) is 0 Å². The fourth-order valence-corrected chi connectivity index (χ4v) is 0.250. The summed E-state index contributed by atoms with van der Waals surface area (Å²) < 4.78 is 13.6. The number of methoxy groups -OCH3 is 3. The Morgan fingerprint density at radius 2 is 1.12 bits per heavy atom. The zero-order valence-electron chi connectivity index (χ0n) is 5.22. The first-order chi connectivity index (χ1) is 3.35. The minimum absolute atomic E-state index is 0. The zero-order valence-corrected chi connectivity index (χ0v) is 6.79. The van der Waals surface area contributed by atoms with Gasteiger partial charge in [-0.2, -0.15) is 0 Å². The van der Waals surface area contributed by atoms with E-state index in [1.54, 1.807) is 0 Å². The summed E-state index contributed by atoms with van der Waals surface area (Å²) in [6.45, 7) is 0.181. The van der Waals surface area contributed by atoms with Gasteiger partial charge in [0.05, 0.1) is 0 Å². The molecule has 0 aliphatic heterocycles. The van der Waals surface area contributed by atoms with Crippen molar-refractivity contribution < 1.29 is 35.9 Å². The molecule has 0 atom stereocenters. The van der Waals surface area contributed by atoms with Crippen molar-refractivity contribution >= 4 is 0 Å². The molecule has 3 nitrogen and oxygen atoms in total. The van der Waals surface area contributed by atoms with Gasteiger partial charge in [-0.25, -0.2) is 0 Å². The molecule has 0 heterocycles. The van der Waals surface area contributed by atoms with Gasteiger partial charge in [-0.1, -0.05) is 0 Å². The predicted molar refractivity (Wildman–Crippen MR) is 24.3 cm³/mol. The molecule has 0 spiro atoms. The van der Waals surface area contributed by atoms with Gasteiger partial charge in [-0.05, 0) is 0 Å². The monoisotopic (exact) mass is 153 g/mol. The Balaban J connectivity index is 0. The molecule has 0 N–H and O–H groups in total. The molecule has 0 saturated heterocycles. The van der Waals surface area contributed by atoms with E-state index in [1.165, 1.54) is 21.3 Å². The van der Waals surface area contributed by atoms with Crippen molar-refractivity contribution in [2.45, 2.75) is 0 Å². The second kappa shape index (κ2) is 7.59. The van der Waals surface area contributed by atoms with Crippen molar-refractivity contribution in [1.29, 1.82) is 0 Å². The molecule has 8 heavy (non-hydrogen) atoms. The third kappa shape index (κ3) is 4.75. The fourth-order valence-electron chi connectivity index (χ4n) is 0.250. The first-order valence-electron chi connectivity index (χ1n) is 1.84. The fraction of sp³-hybridized carbons (Fsp3) is 0.750. The molecular formula is C4H9O3Ti-. The molecule has 0 bridgehead atoms. The number of ether oxygens (including phenoxy) is 3. The Labute approximate surface area is 64.2 Å². The Morgan fingerprint density at radius 3 is 1.12 bits per heavy atom. The second-order valence-electron chi connectivity index (χ2n) is 0.862. The van der Waals surface area contributed by atoms with E-state index in [0.29, 0.717) is 0 Å². The average Bonchev–Trinajstić information content (AvgIpc) is 1.72. The van der Waals surface area contributed by atoms with Crippen LogP contribution in [0.2, 0.25) is 0 Å². The summed E-state index contributed by atoms with van der Waals surface area (Å²) in [5, 5.41) is 0. The topological polar surface area (TPSA) is 27.7 Å². The van der Waals surface area contributed by atoms with Gasteiger partial charge < -0.3 is 14.2 Å². The molecule has 0 aliphatic rings. The summed E-state index contributed by atoms with van der Waals surface area (Å²) in [6, 6.07) is 0. The van der Waals surface area contributed by atoms with E-state index in [0.717, 1.165) is 0 Å². The van der Waals surface area contributed by atoms with Crippen LogP contribution in [-0.2, 0) is 35.9 Å². The SMILES string of the molecule is CO[C-](OC)OC.[Ti]. The molecule has 0 rings (SSSR count). The molecule has 0 amide bonds. The van der Waals surface area contributed by atoms with Crippen LogP contribution in [0.4, 0.5) is 0 Å². The normalized spacial score (nSPS) is 9.00. The molecule has 0 fully saturated rings. The minimum atomic E-state index is 0. The van der Waals surface area contributed by atoms with Crippen molar-refractivity contribution in [2.75, 3.05) is 21.3 Å². The van der Waals surface area contributed by atoms with Gasteiger partial charge in [0, 0.05) is 49.5 Å². The molecule has 0 aromatic rings. The van der Waals surface area contributed by atoms with Crippen LogP contribution in [0.1, 0.15) is 0 Å². The van der Waals surface area contributed by atoms with Gasteiger partial charge >= 0.3 is 0 Å². The van der Waals surface area contributed by atoms with Crippen LogP contribution >= 0.6 is 0 Å². The second-order valence-corrected chi connectivity index (χ2v) is 0.862. The third-order valence-corrected chi connectivity index (χ3v) is 0.500. The molecule has 0 aromatic heterocycles. The van der Waals surface area contributed by atoms with Crippen LogP contribution in [0.3, 0.4) is 0 Å². The van der Waals surface area contributed by atoms with Crippen LogP contribution < -0.4 is 0 Å². The van der Waals surface area contributed by atoms with E-state index in [9.17, 15) is 0 Å². The standard InChI is InChI=1S/C4H9O3.Ti/c1-5-4(6-2)7-3;/h1-3H3;/q-1;. The zero-order chi connectivity index (χ0) is 5.70. The maximum atomic E-state index is 4.52. The maximum absolute atomic E-state index is 4.52. The Hall–Kier alpha value is 0.594. The summed E-state index contributed by atoms with van der Waals surface area (Å²) in [7, 11) is 4.42. The molecule has 0 aromatic carbocycles. The number of hydrogen-bond acceptors (Lipinski definition) is 3. The van der Waals surface area contributed by atoms with Gasteiger partial charge in [0.2, 0.25) is 0 Å². The Morgan fingerprint density at radius 1 is 0.875 bits per heavy atom. The number of rotatable bonds is 3. The van der Waals surface area contributed by atoms with Crippen LogP contribution in [0.5, 0.6) is 0 Å². The van der Waals surface area contributed by atoms with E-state index < -0.39 is 0 Å². The van der Waals surface area contributed by atoms with Crippen molar-refractivity contribution in [3.63, 3.8) is 0 Å². The van der Waals surface area contributed by atoms with Crippen molar-refractivity contribution in [3.05, 3.63) is 6.48 Å². The van der Waals surface area contributed by atoms with Gasteiger partial charge in [0.25, 0.3) is 0 Å². The van der Waals surface area contributed by atoms with E-state index in [2.05, 4.69) is 14.2 Å². The summed E-state index contributed by atoms with van der Waals surface area (Å²) in [5.41, 5.74) is 0. The minimum Gasteiger partial charge on any atom is -0.498 e. The maximum Gasteiger partial charge on any atom is 0.0370 e. The predicted octanol–water partition coefficient (Wildman–Crippen LogP) is 0.370. The Kier molecular flexibility index (Phi) is 10.8. The third-order valence-electron chi connectivity index (χ3n) is 0.500. The quantitative estimate of drug-likeness (QED) is 0.433. The van der Waals surface area contributed by atoms with E-state index >= 15 is 0 Å². The molecule has 48 valence electrons. The van der Waals surface area contributed by atoms with E-state index in [1.807, 2.05) is 0 Å². The van der Waals surface area contributed by atoms with Crippen molar-refractivity contribution in [2.24, 2.45) is 0 Å². The van der Waals surface area contributed by atoms with Gasteiger partial charge in [0.1, 0.15) is 0 Å². The molecule has 0 unspecified atom stereocenters. The van der Waals surface area contributed by atoms with Crippen LogP contribution in [-0.4, -0.2) is 21.3 Å². The smallest absolute Gasteiger partial charge is 0.0370 e. The molecule has 0 radical (unpaired) electrons. The first-order valence-corrected chi connectivity index (χ1v) is 1.84. The van der Waals surface area contributed by atoms with Gasteiger partial charge in [0.15, 0.2) is 0 Å². The molecule has 0 saturated carbocycles. The molecule has 4 heteroatoms. The van der Waals surface area contributed by atoms with Gasteiger partial charge in [-0.3, -0.25) is 0 Å². The van der Waals surface area contributed by atoms with Crippen LogP contribution in [0.15, 0.2) is 0 Å². The average molecular weight is 153 g/mol.